The van der Waals surface area contributed by atoms with Crippen LogP contribution in [0.4, 0.5) is 0 Å². The van der Waals surface area contributed by atoms with Crippen molar-refractivity contribution in [1.82, 2.24) is 4.90 Å². The number of likely N-dealkylation sites (tertiary alicyclic amines) is 1. The Kier molecular flexibility index (Phi) is 4.80. The summed E-state index contributed by atoms with van der Waals surface area (Å²) in [6, 6.07) is 8.02. The van der Waals surface area contributed by atoms with Gasteiger partial charge in [-0.25, -0.2) is 0 Å². The minimum atomic E-state index is 0.148. The fraction of sp³-hybridized carbons (Fsp3) is 0.533. The van der Waals surface area contributed by atoms with Crippen LogP contribution in [0.25, 0.3) is 0 Å². The van der Waals surface area contributed by atoms with Gasteiger partial charge in [-0.15, -0.1) is 0 Å². The highest BCUT2D eigenvalue weighted by Crippen LogP contribution is 2.15. The van der Waals surface area contributed by atoms with Crippen LogP contribution in [0.3, 0.4) is 0 Å². The number of aryl methyl sites for hydroxylation is 1. The summed E-state index contributed by atoms with van der Waals surface area (Å²) in [6.07, 6.45) is 3.34. The topological polar surface area (TPSA) is 55.6 Å². The Labute approximate surface area is 114 Å². The largest absolute Gasteiger partial charge is 0.497 e. The second-order valence-electron chi connectivity index (χ2n) is 5.09. The molecule has 104 valence electrons. The molecule has 4 heteroatoms. The van der Waals surface area contributed by atoms with Gasteiger partial charge < -0.3 is 15.4 Å². The first kappa shape index (κ1) is 13.9. The number of nitrogens with zero attached hydrogens (tertiary/aromatic N) is 1. The van der Waals surface area contributed by atoms with E-state index in [0.29, 0.717) is 13.0 Å². The Hall–Kier alpha value is -1.55. The van der Waals surface area contributed by atoms with E-state index in [9.17, 15) is 4.79 Å². The lowest BCUT2D eigenvalue weighted by molar-refractivity contribution is -0.132. The van der Waals surface area contributed by atoms with Crippen molar-refractivity contribution in [2.24, 2.45) is 5.73 Å². The molecule has 0 aromatic heterocycles. The molecule has 1 aromatic carbocycles. The molecule has 2 rings (SSSR count). The van der Waals surface area contributed by atoms with Crippen molar-refractivity contribution >= 4 is 5.91 Å². The average molecular weight is 262 g/mol. The number of ether oxygens (including phenoxy) is 1. The number of benzene rings is 1. The Bertz CT molecular complexity index is 434. The van der Waals surface area contributed by atoms with Crippen LogP contribution in [0.1, 0.15) is 24.8 Å². The molecule has 1 aliphatic rings. The number of carbonyl (C=O) groups is 1. The summed E-state index contributed by atoms with van der Waals surface area (Å²) in [5.74, 6) is 1.04. The van der Waals surface area contributed by atoms with Crippen LogP contribution < -0.4 is 10.5 Å². The third-order valence-corrected chi connectivity index (χ3v) is 3.57. The van der Waals surface area contributed by atoms with Crippen molar-refractivity contribution in [3.05, 3.63) is 29.8 Å². The predicted octanol–water partition coefficient (Wildman–Crippen LogP) is 1.58. The van der Waals surface area contributed by atoms with E-state index in [2.05, 4.69) is 0 Å². The monoisotopic (exact) mass is 262 g/mol. The molecule has 0 radical (unpaired) electrons. The van der Waals surface area contributed by atoms with Crippen molar-refractivity contribution in [1.29, 1.82) is 0 Å². The zero-order valence-corrected chi connectivity index (χ0v) is 11.5. The average Bonchev–Trinajstić information content (AvgIpc) is 2.45. The highest BCUT2D eigenvalue weighted by Gasteiger charge is 2.20. The lowest BCUT2D eigenvalue weighted by atomic mass is 10.0. The highest BCUT2D eigenvalue weighted by molar-refractivity contribution is 5.76. The van der Waals surface area contributed by atoms with E-state index in [1.165, 1.54) is 0 Å². The molecule has 4 nitrogen and oxygen atoms in total. The summed E-state index contributed by atoms with van der Waals surface area (Å²) in [4.78, 5) is 14.0. The van der Waals surface area contributed by atoms with E-state index in [1.54, 1.807) is 7.11 Å². The molecule has 19 heavy (non-hydrogen) atoms. The molecule has 0 saturated carbocycles. The summed E-state index contributed by atoms with van der Waals surface area (Å²) in [6.45, 7) is 1.56. The molecule has 0 aliphatic carbocycles. The third kappa shape index (κ3) is 3.96. The number of amides is 1. The summed E-state index contributed by atoms with van der Waals surface area (Å²) < 4.78 is 5.18. The molecular weight excluding hydrogens is 240 g/mol. The number of methoxy groups -OCH3 is 1. The summed E-state index contributed by atoms with van der Waals surface area (Å²) in [7, 11) is 1.65. The van der Waals surface area contributed by atoms with Gasteiger partial charge in [0.25, 0.3) is 0 Å². The van der Waals surface area contributed by atoms with Gasteiger partial charge >= 0.3 is 0 Å². The molecule has 0 unspecified atom stereocenters. The van der Waals surface area contributed by atoms with Crippen molar-refractivity contribution in [2.75, 3.05) is 20.2 Å². The van der Waals surface area contributed by atoms with E-state index < -0.39 is 0 Å². The van der Waals surface area contributed by atoms with Crippen LogP contribution >= 0.6 is 0 Å². The molecule has 0 spiro atoms. The summed E-state index contributed by atoms with van der Waals surface area (Å²) >= 11 is 0. The van der Waals surface area contributed by atoms with E-state index >= 15 is 0 Å². The molecule has 0 bridgehead atoms. The van der Waals surface area contributed by atoms with Gasteiger partial charge in [0.2, 0.25) is 5.91 Å². The van der Waals surface area contributed by atoms with Crippen molar-refractivity contribution < 1.29 is 9.53 Å². The smallest absolute Gasteiger partial charge is 0.222 e. The second-order valence-corrected chi connectivity index (χ2v) is 5.09. The van der Waals surface area contributed by atoms with Crippen LogP contribution in [0, 0.1) is 0 Å². The van der Waals surface area contributed by atoms with E-state index in [1.807, 2.05) is 29.2 Å². The van der Waals surface area contributed by atoms with E-state index in [-0.39, 0.29) is 11.9 Å². The molecule has 1 atom stereocenters. The van der Waals surface area contributed by atoms with E-state index in [4.69, 9.17) is 10.5 Å². The Morgan fingerprint density at radius 3 is 3.11 bits per heavy atom. The number of rotatable bonds is 4. The van der Waals surface area contributed by atoms with Gasteiger partial charge in [-0.05, 0) is 37.0 Å². The summed E-state index contributed by atoms with van der Waals surface area (Å²) in [5.41, 5.74) is 7.03. The quantitative estimate of drug-likeness (QED) is 0.896. The third-order valence-electron chi connectivity index (χ3n) is 3.57. The molecule has 1 fully saturated rings. The fourth-order valence-corrected chi connectivity index (χ4v) is 2.47. The number of piperidine rings is 1. The maximum atomic E-state index is 12.1. The first-order chi connectivity index (χ1) is 9.19. The van der Waals surface area contributed by atoms with E-state index in [0.717, 1.165) is 37.1 Å². The van der Waals surface area contributed by atoms with Gasteiger partial charge in [0.15, 0.2) is 0 Å². The molecule has 1 heterocycles. The maximum Gasteiger partial charge on any atom is 0.222 e. The van der Waals surface area contributed by atoms with Crippen LogP contribution in [0.15, 0.2) is 24.3 Å². The van der Waals surface area contributed by atoms with Crippen LogP contribution in [-0.4, -0.2) is 37.0 Å². The molecule has 1 amide bonds. The van der Waals surface area contributed by atoms with Gasteiger partial charge in [0, 0.05) is 25.6 Å². The lowest BCUT2D eigenvalue weighted by Crippen LogP contribution is -2.45. The van der Waals surface area contributed by atoms with Crippen molar-refractivity contribution in [3.63, 3.8) is 0 Å². The Balaban J connectivity index is 1.85. The zero-order valence-electron chi connectivity index (χ0n) is 11.5. The fourth-order valence-electron chi connectivity index (χ4n) is 2.47. The van der Waals surface area contributed by atoms with Gasteiger partial charge in [0.05, 0.1) is 7.11 Å². The summed E-state index contributed by atoms with van der Waals surface area (Å²) in [5, 5.41) is 0. The van der Waals surface area contributed by atoms with Gasteiger partial charge in [-0.2, -0.15) is 0 Å². The van der Waals surface area contributed by atoms with Crippen LogP contribution in [0.5, 0.6) is 5.75 Å². The number of carbonyl (C=O) groups excluding carboxylic acids is 1. The SMILES string of the molecule is COc1cccc(CCC(=O)N2CCC[C@H](N)C2)c1. The van der Waals surface area contributed by atoms with Crippen LogP contribution in [-0.2, 0) is 11.2 Å². The van der Waals surface area contributed by atoms with Crippen molar-refractivity contribution in [2.45, 2.75) is 31.7 Å². The standard InChI is InChI=1S/C15H22N2O2/c1-19-14-6-2-4-12(10-14)7-8-15(18)17-9-3-5-13(16)11-17/h2,4,6,10,13H,3,5,7-9,11,16H2,1H3/t13-/m0/s1. The van der Waals surface area contributed by atoms with Gasteiger partial charge in [0.1, 0.15) is 5.75 Å². The second kappa shape index (κ2) is 6.57. The van der Waals surface area contributed by atoms with Gasteiger partial charge in [-0.1, -0.05) is 12.1 Å². The number of nitrogens with two attached hydrogens (primary N) is 1. The minimum Gasteiger partial charge on any atom is -0.497 e. The zero-order chi connectivity index (χ0) is 13.7. The molecular formula is C15H22N2O2. The Morgan fingerprint density at radius 2 is 2.37 bits per heavy atom. The Morgan fingerprint density at radius 1 is 1.53 bits per heavy atom. The van der Waals surface area contributed by atoms with Gasteiger partial charge in [-0.3, -0.25) is 4.79 Å². The predicted molar refractivity (Wildman–Crippen MR) is 75.1 cm³/mol. The normalized spacial score (nSPS) is 19.3. The number of hydrogen-bond donors (Lipinski definition) is 1. The van der Waals surface area contributed by atoms with Crippen molar-refractivity contribution in [3.8, 4) is 5.75 Å². The molecule has 1 saturated heterocycles. The highest BCUT2D eigenvalue weighted by atomic mass is 16.5. The first-order valence-electron chi connectivity index (χ1n) is 6.85. The molecule has 2 N–H and O–H groups in total. The molecule has 1 aliphatic heterocycles. The first-order valence-corrected chi connectivity index (χ1v) is 6.85. The lowest BCUT2D eigenvalue weighted by Gasteiger charge is -2.30. The van der Waals surface area contributed by atoms with Crippen LogP contribution in [0.2, 0.25) is 0 Å². The number of hydrogen-bond acceptors (Lipinski definition) is 3. The molecule has 1 aromatic rings. The minimum absolute atomic E-state index is 0.148. The maximum absolute atomic E-state index is 12.1.